The number of aliphatic hydroxyl groups is 2. The third kappa shape index (κ3) is 2.46. The second kappa shape index (κ2) is 6.01. The van der Waals surface area contributed by atoms with Crippen molar-refractivity contribution in [1.82, 2.24) is 5.32 Å². The summed E-state index contributed by atoms with van der Waals surface area (Å²) in [6.07, 6.45) is -1.40. The summed E-state index contributed by atoms with van der Waals surface area (Å²) < 4.78 is 0. The zero-order valence-electron chi connectivity index (χ0n) is 12.4. The van der Waals surface area contributed by atoms with Crippen molar-refractivity contribution < 1.29 is 15.0 Å². The van der Waals surface area contributed by atoms with Gasteiger partial charge in [0, 0.05) is 11.1 Å². The molecule has 114 valence electrons. The molecule has 1 aliphatic carbocycles. The fraction of sp³-hybridized carbons (Fsp3) is 0.278. The Balaban J connectivity index is 1.92. The van der Waals surface area contributed by atoms with E-state index in [1.807, 2.05) is 30.3 Å². The molecule has 0 saturated heterocycles. The zero-order chi connectivity index (χ0) is 15.7. The maximum Gasteiger partial charge on any atom is 0.194 e. The molecule has 2 aromatic carbocycles. The van der Waals surface area contributed by atoms with Crippen LogP contribution in [0.2, 0.25) is 0 Å². The molecule has 1 aliphatic rings. The average Bonchev–Trinajstić information content (AvgIpc) is 2.85. The van der Waals surface area contributed by atoms with Crippen molar-refractivity contribution in [2.75, 3.05) is 13.6 Å². The zero-order valence-corrected chi connectivity index (χ0v) is 12.4. The number of rotatable bonds is 5. The first-order valence-electron chi connectivity index (χ1n) is 7.42. The van der Waals surface area contributed by atoms with Crippen LogP contribution in [-0.4, -0.2) is 35.7 Å². The van der Waals surface area contributed by atoms with Gasteiger partial charge in [0.2, 0.25) is 0 Å². The lowest BCUT2D eigenvalue weighted by atomic mass is 9.97. The lowest BCUT2D eigenvalue weighted by molar-refractivity contribution is 0.0140. The van der Waals surface area contributed by atoms with Crippen molar-refractivity contribution in [3.05, 3.63) is 59.2 Å². The molecule has 0 aromatic heterocycles. The van der Waals surface area contributed by atoms with Crippen LogP contribution in [0, 0.1) is 0 Å². The summed E-state index contributed by atoms with van der Waals surface area (Å²) in [5, 5.41) is 23.2. The molecule has 0 radical (unpaired) electrons. The van der Waals surface area contributed by atoms with E-state index in [0.29, 0.717) is 29.7 Å². The second-order valence-corrected chi connectivity index (χ2v) is 5.58. The van der Waals surface area contributed by atoms with Gasteiger partial charge in [-0.15, -0.1) is 0 Å². The average molecular weight is 297 g/mol. The van der Waals surface area contributed by atoms with Crippen molar-refractivity contribution in [2.45, 2.75) is 18.6 Å². The Morgan fingerprint density at radius 2 is 1.68 bits per heavy atom. The molecule has 0 saturated carbocycles. The normalized spacial score (nSPS) is 15.3. The van der Waals surface area contributed by atoms with E-state index in [-0.39, 0.29) is 5.78 Å². The van der Waals surface area contributed by atoms with Crippen molar-refractivity contribution in [2.24, 2.45) is 0 Å². The Morgan fingerprint density at radius 1 is 1.00 bits per heavy atom. The minimum Gasteiger partial charge on any atom is -0.390 e. The van der Waals surface area contributed by atoms with Crippen molar-refractivity contribution in [3.63, 3.8) is 0 Å². The molecular weight excluding hydrogens is 278 g/mol. The van der Waals surface area contributed by atoms with Gasteiger partial charge in [0.25, 0.3) is 0 Å². The number of hydrogen-bond donors (Lipinski definition) is 3. The van der Waals surface area contributed by atoms with E-state index in [9.17, 15) is 15.0 Å². The third-order valence-corrected chi connectivity index (χ3v) is 4.15. The van der Waals surface area contributed by atoms with Gasteiger partial charge in [-0.05, 0) is 42.8 Å². The fourth-order valence-electron chi connectivity index (χ4n) is 2.90. The minimum absolute atomic E-state index is 0.0237. The van der Waals surface area contributed by atoms with Crippen LogP contribution in [0.25, 0.3) is 11.1 Å². The molecule has 0 bridgehead atoms. The summed E-state index contributed by atoms with van der Waals surface area (Å²) in [7, 11) is 1.80. The van der Waals surface area contributed by atoms with Crippen LogP contribution >= 0.6 is 0 Å². The SMILES string of the molecule is CNCCC(O)C(O)c1ccc2c(c1)C(=O)c1ccccc1-2. The predicted octanol–water partition coefficient (Wildman–Crippen LogP) is 1.90. The van der Waals surface area contributed by atoms with Gasteiger partial charge < -0.3 is 15.5 Å². The molecule has 2 atom stereocenters. The van der Waals surface area contributed by atoms with E-state index in [1.54, 1.807) is 19.2 Å². The van der Waals surface area contributed by atoms with Crippen molar-refractivity contribution >= 4 is 5.78 Å². The van der Waals surface area contributed by atoms with Gasteiger partial charge in [0.15, 0.2) is 5.78 Å². The summed E-state index contributed by atoms with van der Waals surface area (Å²) >= 11 is 0. The lowest BCUT2D eigenvalue weighted by Crippen LogP contribution is -2.23. The smallest absolute Gasteiger partial charge is 0.194 e. The highest BCUT2D eigenvalue weighted by atomic mass is 16.3. The Labute approximate surface area is 129 Å². The third-order valence-electron chi connectivity index (χ3n) is 4.15. The molecule has 2 aromatic rings. The summed E-state index contributed by atoms with van der Waals surface area (Å²) in [4.78, 5) is 12.5. The van der Waals surface area contributed by atoms with Crippen LogP contribution < -0.4 is 5.32 Å². The molecule has 0 fully saturated rings. The largest absolute Gasteiger partial charge is 0.390 e. The standard InChI is InChI=1S/C18H19NO3/c1-19-9-8-16(20)17(21)11-6-7-13-12-4-2-3-5-14(12)18(22)15(13)10-11/h2-7,10,16-17,19-21H,8-9H2,1H3. The maximum absolute atomic E-state index is 12.5. The number of carbonyl (C=O) groups excluding carboxylic acids is 1. The maximum atomic E-state index is 12.5. The number of benzene rings is 2. The number of carbonyl (C=O) groups is 1. The van der Waals surface area contributed by atoms with Crippen LogP contribution in [0.4, 0.5) is 0 Å². The van der Waals surface area contributed by atoms with Gasteiger partial charge in [-0.1, -0.05) is 36.4 Å². The van der Waals surface area contributed by atoms with Crippen LogP contribution in [0.15, 0.2) is 42.5 Å². The molecule has 3 N–H and O–H groups in total. The first kappa shape index (κ1) is 14.9. The Kier molecular flexibility index (Phi) is 4.07. The Bertz CT molecular complexity index is 711. The highest BCUT2D eigenvalue weighted by molar-refractivity contribution is 6.21. The number of aliphatic hydroxyl groups excluding tert-OH is 2. The topological polar surface area (TPSA) is 69.6 Å². The summed E-state index contributed by atoms with van der Waals surface area (Å²) in [5.41, 5.74) is 3.68. The highest BCUT2D eigenvalue weighted by Crippen LogP contribution is 2.37. The second-order valence-electron chi connectivity index (χ2n) is 5.58. The highest BCUT2D eigenvalue weighted by Gasteiger charge is 2.28. The van der Waals surface area contributed by atoms with E-state index in [2.05, 4.69) is 5.32 Å². The van der Waals surface area contributed by atoms with Crippen LogP contribution in [0.3, 0.4) is 0 Å². The molecule has 4 heteroatoms. The van der Waals surface area contributed by atoms with Crippen molar-refractivity contribution in [1.29, 1.82) is 0 Å². The number of fused-ring (bicyclic) bond motifs is 3. The van der Waals surface area contributed by atoms with Gasteiger partial charge in [-0.25, -0.2) is 0 Å². The van der Waals surface area contributed by atoms with Gasteiger partial charge in [0.05, 0.1) is 6.10 Å². The lowest BCUT2D eigenvalue weighted by Gasteiger charge is -2.18. The molecule has 0 spiro atoms. The molecule has 2 unspecified atom stereocenters. The number of nitrogens with one attached hydrogen (secondary N) is 1. The molecule has 22 heavy (non-hydrogen) atoms. The molecule has 0 aliphatic heterocycles. The van der Waals surface area contributed by atoms with Crippen LogP contribution in [-0.2, 0) is 0 Å². The quantitative estimate of drug-likeness (QED) is 0.673. The monoisotopic (exact) mass is 297 g/mol. The summed E-state index contributed by atoms with van der Waals surface area (Å²) in [6, 6.07) is 12.8. The summed E-state index contributed by atoms with van der Waals surface area (Å²) in [5.74, 6) is -0.0237. The van der Waals surface area contributed by atoms with Gasteiger partial charge >= 0.3 is 0 Å². The van der Waals surface area contributed by atoms with Crippen LogP contribution in [0.5, 0.6) is 0 Å². The van der Waals surface area contributed by atoms with E-state index in [0.717, 1.165) is 11.1 Å². The number of hydrogen-bond acceptors (Lipinski definition) is 4. The van der Waals surface area contributed by atoms with Gasteiger partial charge in [-0.3, -0.25) is 4.79 Å². The van der Waals surface area contributed by atoms with E-state index >= 15 is 0 Å². The Hall–Kier alpha value is -2.01. The van der Waals surface area contributed by atoms with E-state index in [1.165, 1.54) is 0 Å². The molecule has 0 amide bonds. The number of ketones is 1. The van der Waals surface area contributed by atoms with Gasteiger partial charge in [0.1, 0.15) is 6.10 Å². The first-order valence-corrected chi connectivity index (χ1v) is 7.42. The molecular formula is C18H19NO3. The summed E-state index contributed by atoms with van der Waals surface area (Å²) in [6.45, 7) is 0.619. The molecule has 3 rings (SSSR count). The fourth-order valence-corrected chi connectivity index (χ4v) is 2.90. The van der Waals surface area contributed by atoms with E-state index < -0.39 is 12.2 Å². The Morgan fingerprint density at radius 3 is 2.41 bits per heavy atom. The molecule has 4 nitrogen and oxygen atoms in total. The minimum atomic E-state index is -0.991. The molecule has 0 heterocycles. The first-order chi connectivity index (χ1) is 10.6. The van der Waals surface area contributed by atoms with Crippen molar-refractivity contribution in [3.8, 4) is 11.1 Å². The van der Waals surface area contributed by atoms with E-state index in [4.69, 9.17) is 0 Å². The van der Waals surface area contributed by atoms with Crippen LogP contribution in [0.1, 0.15) is 34.0 Å². The van der Waals surface area contributed by atoms with Gasteiger partial charge in [-0.2, -0.15) is 0 Å². The predicted molar refractivity (Wildman–Crippen MR) is 84.8 cm³/mol.